The first-order valence-electron chi connectivity index (χ1n) is 3.80. The molecule has 0 spiro atoms. The van der Waals surface area contributed by atoms with Gasteiger partial charge >= 0.3 is 0 Å². The van der Waals surface area contributed by atoms with Crippen LogP contribution >= 0.6 is 0 Å². The van der Waals surface area contributed by atoms with Crippen molar-refractivity contribution in [1.29, 1.82) is 0 Å². The molecule has 0 amide bonds. The third-order valence-electron chi connectivity index (χ3n) is 1.75. The fourth-order valence-electron chi connectivity index (χ4n) is 0.992. The fraction of sp³-hybridized carbons (Fsp3) is 0.333. The van der Waals surface area contributed by atoms with Crippen LogP contribution in [0.4, 0.5) is 4.39 Å². The number of halogens is 1. The minimum atomic E-state index is -0.660. The van der Waals surface area contributed by atoms with Gasteiger partial charge in [-0.25, -0.2) is 4.39 Å². The fourth-order valence-corrected chi connectivity index (χ4v) is 0.992. The zero-order chi connectivity index (χ0) is 9.14. The van der Waals surface area contributed by atoms with Gasteiger partial charge in [0, 0.05) is 0 Å². The molecule has 2 nitrogen and oxygen atoms in total. The molecule has 1 aromatic rings. The molecule has 1 rings (SSSR count). The number of benzene rings is 1. The van der Waals surface area contributed by atoms with E-state index in [0.29, 0.717) is 5.56 Å². The minimum Gasteiger partial charge on any atom is -0.391 e. The summed E-state index contributed by atoms with van der Waals surface area (Å²) in [6.45, 7) is 1.58. The van der Waals surface area contributed by atoms with Crippen molar-refractivity contribution in [3.63, 3.8) is 0 Å². The Bertz CT molecular complexity index is 262. The Hall–Kier alpha value is -0.930. The highest BCUT2D eigenvalue weighted by Gasteiger charge is 2.11. The SMILES string of the molecule is CC(O)[C@H](N)c1cccc(F)c1. The predicted octanol–water partition coefficient (Wildman–Crippen LogP) is 1.21. The molecular formula is C9H12FNO. The quantitative estimate of drug-likeness (QED) is 0.699. The van der Waals surface area contributed by atoms with Crippen LogP contribution in [0.15, 0.2) is 24.3 Å². The Morgan fingerprint density at radius 3 is 2.67 bits per heavy atom. The average Bonchev–Trinajstić information content (AvgIpc) is 2.03. The summed E-state index contributed by atoms with van der Waals surface area (Å²) in [5.74, 6) is -0.330. The number of rotatable bonds is 2. The molecule has 0 saturated heterocycles. The van der Waals surface area contributed by atoms with E-state index in [0.717, 1.165) is 0 Å². The van der Waals surface area contributed by atoms with E-state index in [1.165, 1.54) is 12.1 Å². The minimum absolute atomic E-state index is 0.330. The molecule has 3 heteroatoms. The second-order valence-electron chi connectivity index (χ2n) is 2.82. The molecule has 2 atom stereocenters. The lowest BCUT2D eigenvalue weighted by molar-refractivity contribution is 0.164. The summed E-state index contributed by atoms with van der Waals surface area (Å²) < 4.78 is 12.7. The number of aliphatic hydroxyl groups is 1. The highest BCUT2D eigenvalue weighted by Crippen LogP contribution is 2.14. The van der Waals surface area contributed by atoms with Crippen molar-refractivity contribution in [3.8, 4) is 0 Å². The van der Waals surface area contributed by atoms with Crippen LogP contribution < -0.4 is 5.73 Å². The van der Waals surface area contributed by atoms with Crippen LogP contribution in [-0.4, -0.2) is 11.2 Å². The molecule has 0 fully saturated rings. The molecule has 1 unspecified atom stereocenters. The zero-order valence-corrected chi connectivity index (χ0v) is 6.87. The van der Waals surface area contributed by atoms with Gasteiger partial charge in [0.2, 0.25) is 0 Å². The normalized spacial score (nSPS) is 15.7. The Balaban J connectivity index is 2.88. The molecule has 0 aliphatic heterocycles. The van der Waals surface area contributed by atoms with E-state index in [1.807, 2.05) is 0 Å². The highest BCUT2D eigenvalue weighted by atomic mass is 19.1. The average molecular weight is 169 g/mol. The lowest BCUT2D eigenvalue weighted by Crippen LogP contribution is -2.23. The zero-order valence-electron chi connectivity index (χ0n) is 6.87. The highest BCUT2D eigenvalue weighted by molar-refractivity contribution is 5.20. The summed E-state index contributed by atoms with van der Waals surface area (Å²) in [7, 11) is 0. The third-order valence-corrected chi connectivity index (χ3v) is 1.75. The van der Waals surface area contributed by atoms with Crippen molar-refractivity contribution in [2.24, 2.45) is 5.73 Å². The van der Waals surface area contributed by atoms with E-state index in [1.54, 1.807) is 19.1 Å². The molecule has 66 valence electrons. The van der Waals surface area contributed by atoms with Crippen molar-refractivity contribution in [2.75, 3.05) is 0 Å². The molecule has 3 N–H and O–H groups in total. The van der Waals surface area contributed by atoms with Crippen LogP contribution in [0.2, 0.25) is 0 Å². The lowest BCUT2D eigenvalue weighted by atomic mass is 10.0. The second-order valence-corrected chi connectivity index (χ2v) is 2.82. The Labute approximate surface area is 70.8 Å². The first-order valence-corrected chi connectivity index (χ1v) is 3.80. The van der Waals surface area contributed by atoms with Gasteiger partial charge in [0.05, 0.1) is 12.1 Å². The summed E-state index contributed by atoms with van der Waals surface area (Å²) in [4.78, 5) is 0. The standard InChI is InChI=1S/C9H12FNO/c1-6(12)9(11)7-3-2-4-8(10)5-7/h2-6,9,12H,11H2,1H3/t6?,9-/m0/s1. The van der Waals surface area contributed by atoms with Crippen molar-refractivity contribution in [3.05, 3.63) is 35.6 Å². The summed E-state index contributed by atoms with van der Waals surface area (Å²) in [6.07, 6.45) is -0.660. The first kappa shape index (κ1) is 9.16. The molecule has 0 aliphatic rings. The Kier molecular flexibility index (Phi) is 2.78. The molecule has 0 bridgehead atoms. The summed E-state index contributed by atoms with van der Waals surface area (Å²) in [5.41, 5.74) is 6.21. The first-order chi connectivity index (χ1) is 5.61. The van der Waals surface area contributed by atoms with E-state index in [4.69, 9.17) is 10.8 Å². The molecular weight excluding hydrogens is 157 g/mol. The van der Waals surface area contributed by atoms with Crippen LogP contribution in [0.5, 0.6) is 0 Å². The molecule has 0 aliphatic carbocycles. The van der Waals surface area contributed by atoms with Crippen molar-refractivity contribution in [2.45, 2.75) is 19.1 Å². The van der Waals surface area contributed by atoms with Crippen LogP contribution in [-0.2, 0) is 0 Å². The van der Waals surface area contributed by atoms with E-state index in [-0.39, 0.29) is 5.82 Å². The number of aliphatic hydroxyl groups excluding tert-OH is 1. The molecule has 0 radical (unpaired) electrons. The van der Waals surface area contributed by atoms with Gasteiger partial charge in [-0.1, -0.05) is 12.1 Å². The van der Waals surface area contributed by atoms with E-state index in [2.05, 4.69) is 0 Å². The van der Waals surface area contributed by atoms with Crippen molar-refractivity contribution in [1.82, 2.24) is 0 Å². The van der Waals surface area contributed by atoms with Crippen LogP contribution in [0.1, 0.15) is 18.5 Å². The number of hydrogen-bond acceptors (Lipinski definition) is 2. The Morgan fingerprint density at radius 2 is 2.17 bits per heavy atom. The van der Waals surface area contributed by atoms with Gasteiger partial charge in [-0.2, -0.15) is 0 Å². The Morgan fingerprint density at radius 1 is 1.50 bits per heavy atom. The van der Waals surface area contributed by atoms with E-state index >= 15 is 0 Å². The van der Waals surface area contributed by atoms with Gasteiger partial charge in [-0.15, -0.1) is 0 Å². The van der Waals surface area contributed by atoms with Gasteiger partial charge in [-0.3, -0.25) is 0 Å². The number of nitrogens with two attached hydrogens (primary N) is 1. The topological polar surface area (TPSA) is 46.2 Å². The largest absolute Gasteiger partial charge is 0.391 e. The van der Waals surface area contributed by atoms with E-state index < -0.39 is 12.1 Å². The summed E-state index contributed by atoms with van der Waals surface area (Å²) in [6, 6.07) is 5.43. The molecule has 12 heavy (non-hydrogen) atoms. The van der Waals surface area contributed by atoms with Crippen molar-refractivity contribution >= 4 is 0 Å². The third kappa shape index (κ3) is 2.03. The van der Waals surface area contributed by atoms with Crippen molar-refractivity contribution < 1.29 is 9.50 Å². The van der Waals surface area contributed by atoms with Gasteiger partial charge in [0.15, 0.2) is 0 Å². The maximum Gasteiger partial charge on any atom is 0.123 e. The number of hydrogen-bond donors (Lipinski definition) is 2. The van der Waals surface area contributed by atoms with Crippen LogP contribution in [0.25, 0.3) is 0 Å². The van der Waals surface area contributed by atoms with Gasteiger partial charge in [0.1, 0.15) is 5.82 Å². The summed E-state index contributed by atoms with van der Waals surface area (Å²) >= 11 is 0. The van der Waals surface area contributed by atoms with Crippen LogP contribution in [0.3, 0.4) is 0 Å². The van der Waals surface area contributed by atoms with Gasteiger partial charge in [-0.05, 0) is 24.6 Å². The molecule has 0 saturated carbocycles. The van der Waals surface area contributed by atoms with Gasteiger partial charge in [0.25, 0.3) is 0 Å². The smallest absolute Gasteiger partial charge is 0.123 e. The predicted molar refractivity (Wildman–Crippen MR) is 45.0 cm³/mol. The monoisotopic (exact) mass is 169 g/mol. The van der Waals surface area contributed by atoms with Crippen LogP contribution in [0, 0.1) is 5.82 Å². The molecule has 0 aromatic heterocycles. The summed E-state index contributed by atoms with van der Waals surface area (Å²) in [5, 5.41) is 9.12. The molecule has 1 aromatic carbocycles. The van der Waals surface area contributed by atoms with Gasteiger partial charge < -0.3 is 10.8 Å². The lowest BCUT2D eigenvalue weighted by Gasteiger charge is -2.14. The maximum absolute atomic E-state index is 12.7. The molecule has 0 heterocycles. The second kappa shape index (κ2) is 3.65. The maximum atomic E-state index is 12.7. The van der Waals surface area contributed by atoms with E-state index in [9.17, 15) is 4.39 Å².